The van der Waals surface area contributed by atoms with Gasteiger partial charge in [0, 0.05) is 13.2 Å². The zero-order valence-electron chi connectivity index (χ0n) is 9.89. The molecule has 3 unspecified atom stereocenters. The van der Waals surface area contributed by atoms with Crippen LogP contribution in [0.4, 0.5) is 0 Å². The average Bonchev–Trinajstić information content (AvgIpc) is 2.96. The van der Waals surface area contributed by atoms with Crippen molar-refractivity contribution < 1.29 is 14.6 Å². The van der Waals surface area contributed by atoms with Crippen molar-refractivity contribution in [3.8, 4) is 0 Å². The lowest BCUT2D eigenvalue weighted by molar-refractivity contribution is -0.138. The minimum atomic E-state index is 0.0251. The zero-order valence-corrected chi connectivity index (χ0v) is 9.89. The second-order valence-corrected chi connectivity index (χ2v) is 4.72. The molecule has 2 fully saturated rings. The van der Waals surface area contributed by atoms with Crippen LogP contribution in [0.15, 0.2) is 0 Å². The van der Waals surface area contributed by atoms with Crippen molar-refractivity contribution in [2.75, 3.05) is 19.8 Å². The molecular weight excluding hydrogens is 206 g/mol. The number of carbonyl (C=O) groups is 1. The maximum atomic E-state index is 12.3. The average molecular weight is 227 g/mol. The van der Waals surface area contributed by atoms with Crippen molar-refractivity contribution in [3.05, 3.63) is 0 Å². The van der Waals surface area contributed by atoms with Gasteiger partial charge in [0.2, 0.25) is 5.91 Å². The number of rotatable bonds is 3. The Labute approximate surface area is 96.6 Å². The summed E-state index contributed by atoms with van der Waals surface area (Å²) in [5.74, 6) is 0.220. The molecule has 3 atom stereocenters. The summed E-state index contributed by atoms with van der Waals surface area (Å²) in [6.07, 6.45) is 3.78. The van der Waals surface area contributed by atoms with Crippen LogP contribution in [-0.2, 0) is 9.53 Å². The molecular formula is C12H21NO3. The van der Waals surface area contributed by atoms with E-state index < -0.39 is 0 Å². The van der Waals surface area contributed by atoms with E-state index in [9.17, 15) is 9.90 Å². The normalized spacial score (nSPS) is 34.6. The first kappa shape index (κ1) is 11.9. The van der Waals surface area contributed by atoms with Crippen molar-refractivity contribution >= 4 is 5.91 Å². The summed E-state index contributed by atoms with van der Waals surface area (Å²) in [5, 5.41) is 9.23. The van der Waals surface area contributed by atoms with Crippen molar-refractivity contribution in [1.29, 1.82) is 0 Å². The van der Waals surface area contributed by atoms with Gasteiger partial charge in [0.25, 0.3) is 0 Å². The topological polar surface area (TPSA) is 49.8 Å². The fraction of sp³-hybridized carbons (Fsp3) is 0.917. The highest BCUT2D eigenvalue weighted by Gasteiger charge is 2.38. The fourth-order valence-corrected chi connectivity index (χ4v) is 2.86. The quantitative estimate of drug-likeness (QED) is 0.775. The molecule has 16 heavy (non-hydrogen) atoms. The van der Waals surface area contributed by atoms with E-state index in [0.717, 1.165) is 32.2 Å². The highest BCUT2D eigenvalue weighted by Crippen LogP contribution is 2.28. The third kappa shape index (κ3) is 2.09. The van der Waals surface area contributed by atoms with Crippen molar-refractivity contribution in [3.63, 3.8) is 0 Å². The molecule has 0 aromatic carbocycles. The molecule has 1 N–H and O–H groups in total. The standard InChI is InChI=1S/C12H21NO3/c1-2-11-10(5-7-16-11)12(15)13-6-3-4-9(13)8-14/h9-11,14H,2-8H2,1H3. The molecule has 0 aromatic heterocycles. The molecule has 0 bridgehead atoms. The third-order valence-corrected chi connectivity index (χ3v) is 3.80. The maximum absolute atomic E-state index is 12.3. The van der Waals surface area contributed by atoms with Gasteiger partial charge in [-0.2, -0.15) is 0 Å². The molecule has 0 saturated carbocycles. The number of likely N-dealkylation sites (tertiary alicyclic amines) is 1. The summed E-state index contributed by atoms with van der Waals surface area (Å²) in [5.41, 5.74) is 0. The van der Waals surface area contributed by atoms with E-state index in [4.69, 9.17) is 4.74 Å². The Balaban J connectivity index is 2.00. The summed E-state index contributed by atoms with van der Waals surface area (Å²) in [6, 6.07) is 0.0469. The van der Waals surface area contributed by atoms with Crippen LogP contribution in [-0.4, -0.2) is 47.8 Å². The summed E-state index contributed by atoms with van der Waals surface area (Å²) < 4.78 is 5.55. The predicted molar refractivity (Wildman–Crippen MR) is 60.0 cm³/mol. The van der Waals surface area contributed by atoms with Gasteiger partial charge in [-0.05, 0) is 25.7 Å². The van der Waals surface area contributed by atoms with Gasteiger partial charge < -0.3 is 14.7 Å². The maximum Gasteiger partial charge on any atom is 0.228 e. The third-order valence-electron chi connectivity index (χ3n) is 3.80. The van der Waals surface area contributed by atoms with E-state index in [1.54, 1.807) is 0 Å². The van der Waals surface area contributed by atoms with E-state index in [2.05, 4.69) is 6.92 Å². The van der Waals surface area contributed by atoms with Gasteiger partial charge in [-0.3, -0.25) is 4.79 Å². The minimum Gasteiger partial charge on any atom is -0.394 e. The van der Waals surface area contributed by atoms with E-state index >= 15 is 0 Å². The van der Waals surface area contributed by atoms with E-state index in [0.29, 0.717) is 6.61 Å². The van der Waals surface area contributed by atoms with Crippen LogP contribution in [0, 0.1) is 5.92 Å². The second kappa shape index (κ2) is 5.15. The Morgan fingerprint density at radius 2 is 2.31 bits per heavy atom. The molecule has 2 aliphatic rings. The van der Waals surface area contributed by atoms with Crippen molar-refractivity contribution in [2.45, 2.75) is 44.8 Å². The molecule has 0 aliphatic carbocycles. The van der Waals surface area contributed by atoms with Crippen LogP contribution < -0.4 is 0 Å². The predicted octanol–water partition coefficient (Wildman–Crippen LogP) is 0.785. The van der Waals surface area contributed by atoms with Crippen LogP contribution in [0.2, 0.25) is 0 Å². The molecule has 2 aliphatic heterocycles. The monoisotopic (exact) mass is 227 g/mol. The Morgan fingerprint density at radius 1 is 1.50 bits per heavy atom. The molecule has 92 valence electrons. The Hall–Kier alpha value is -0.610. The molecule has 0 radical (unpaired) electrons. The number of carbonyl (C=O) groups excluding carboxylic acids is 1. The largest absolute Gasteiger partial charge is 0.394 e. The van der Waals surface area contributed by atoms with Gasteiger partial charge in [0.1, 0.15) is 0 Å². The SMILES string of the molecule is CCC1OCCC1C(=O)N1CCCC1CO. The number of hydrogen-bond acceptors (Lipinski definition) is 3. The van der Waals surface area contributed by atoms with Gasteiger partial charge in [-0.15, -0.1) is 0 Å². The Kier molecular flexibility index (Phi) is 3.82. The number of aliphatic hydroxyl groups is 1. The van der Waals surface area contributed by atoms with E-state index in [1.807, 2.05) is 4.90 Å². The van der Waals surface area contributed by atoms with Gasteiger partial charge in [-0.1, -0.05) is 6.92 Å². The summed E-state index contributed by atoms with van der Waals surface area (Å²) >= 11 is 0. The van der Waals surface area contributed by atoms with Gasteiger partial charge in [0.15, 0.2) is 0 Å². The summed E-state index contributed by atoms with van der Waals surface area (Å²) in [7, 11) is 0. The molecule has 4 nitrogen and oxygen atoms in total. The van der Waals surface area contributed by atoms with E-state index in [1.165, 1.54) is 0 Å². The Morgan fingerprint density at radius 3 is 3.00 bits per heavy atom. The first-order valence-electron chi connectivity index (χ1n) is 6.30. The van der Waals surface area contributed by atoms with Gasteiger partial charge in [-0.25, -0.2) is 0 Å². The molecule has 1 amide bonds. The number of aliphatic hydroxyl groups excluding tert-OH is 1. The van der Waals surface area contributed by atoms with Gasteiger partial charge in [0.05, 0.1) is 24.7 Å². The lowest BCUT2D eigenvalue weighted by Crippen LogP contribution is -2.43. The summed E-state index contributed by atoms with van der Waals surface area (Å²) in [4.78, 5) is 14.2. The van der Waals surface area contributed by atoms with Crippen molar-refractivity contribution in [1.82, 2.24) is 4.90 Å². The molecule has 0 aromatic rings. The highest BCUT2D eigenvalue weighted by atomic mass is 16.5. The number of hydrogen-bond donors (Lipinski definition) is 1. The van der Waals surface area contributed by atoms with Crippen LogP contribution in [0.1, 0.15) is 32.6 Å². The summed E-state index contributed by atoms with van der Waals surface area (Å²) in [6.45, 7) is 3.66. The zero-order chi connectivity index (χ0) is 11.5. The first-order chi connectivity index (χ1) is 7.77. The Bertz CT molecular complexity index is 233. The van der Waals surface area contributed by atoms with Crippen LogP contribution in [0.5, 0.6) is 0 Å². The minimum absolute atomic E-state index is 0.0251. The molecule has 4 heteroatoms. The molecule has 0 spiro atoms. The first-order valence-corrected chi connectivity index (χ1v) is 6.30. The number of amides is 1. The van der Waals surface area contributed by atoms with E-state index in [-0.39, 0.29) is 30.6 Å². The van der Waals surface area contributed by atoms with Crippen molar-refractivity contribution in [2.24, 2.45) is 5.92 Å². The lowest BCUT2D eigenvalue weighted by atomic mass is 9.97. The highest BCUT2D eigenvalue weighted by molar-refractivity contribution is 5.80. The lowest BCUT2D eigenvalue weighted by Gasteiger charge is -2.27. The molecule has 2 saturated heterocycles. The molecule has 2 rings (SSSR count). The van der Waals surface area contributed by atoms with Gasteiger partial charge >= 0.3 is 0 Å². The smallest absolute Gasteiger partial charge is 0.228 e. The fourth-order valence-electron chi connectivity index (χ4n) is 2.86. The number of ether oxygens (including phenoxy) is 1. The molecule has 2 heterocycles. The number of nitrogens with zero attached hydrogens (tertiary/aromatic N) is 1. The second-order valence-electron chi connectivity index (χ2n) is 4.72. The van der Waals surface area contributed by atoms with Crippen LogP contribution >= 0.6 is 0 Å². The van der Waals surface area contributed by atoms with Crippen LogP contribution in [0.25, 0.3) is 0 Å². The van der Waals surface area contributed by atoms with Crippen LogP contribution in [0.3, 0.4) is 0 Å².